The average molecular weight is 234 g/mol. The van der Waals surface area contributed by atoms with Gasteiger partial charge in [-0.2, -0.15) is 0 Å². The van der Waals surface area contributed by atoms with Crippen molar-refractivity contribution in [3.05, 3.63) is 29.3 Å². The molecule has 0 aliphatic heterocycles. The van der Waals surface area contributed by atoms with Crippen LogP contribution in [0.2, 0.25) is 0 Å². The summed E-state index contributed by atoms with van der Waals surface area (Å²) in [5, 5.41) is 3.19. The van der Waals surface area contributed by atoms with Gasteiger partial charge >= 0.3 is 0 Å². The highest BCUT2D eigenvalue weighted by Gasteiger charge is 2.08. The Morgan fingerprint density at radius 3 is 2.59 bits per heavy atom. The summed E-state index contributed by atoms with van der Waals surface area (Å²) < 4.78 is 0. The summed E-state index contributed by atoms with van der Waals surface area (Å²) >= 11 is 0. The van der Waals surface area contributed by atoms with Crippen molar-refractivity contribution in [1.82, 2.24) is 5.32 Å². The van der Waals surface area contributed by atoms with E-state index in [-0.39, 0.29) is 0 Å². The van der Waals surface area contributed by atoms with Gasteiger partial charge in [-0.05, 0) is 37.1 Å². The van der Waals surface area contributed by atoms with Crippen molar-refractivity contribution < 1.29 is 0 Å². The molecule has 2 nitrogen and oxygen atoms in total. The van der Waals surface area contributed by atoms with E-state index in [2.05, 4.69) is 56.2 Å². The Hall–Kier alpha value is -1.02. The van der Waals surface area contributed by atoms with Crippen LogP contribution in [0.5, 0.6) is 0 Å². The molecule has 1 N–H and O–H groups in total. The van der Waals surface area contributed by atoms with Gasteiger partial charge in [-0.25, -0.2) is 0 Å². The van der Waals surface area contributed by atoms with Crippen molar-refractivity contribution in [3.8, 4) is 0 Å². The number of nitrogens with one attached hydrogen (secondary N) is 1. The van der Waals surface area contributed by atoms with Crippen molar-refractivity contribution in [2.75, 3.05) is 25.5 Å². The van der Waals surface area contributed by atoms with Crippen LogP contribution in [0.15, 0.2) is 18.2 Å². The number of aryl methyl sites for hydroxylation is 1. The number of benzene rings is 1. The number of hydrogen-bond donors (Lipinski definition) is 1. The summed E-state index contributed by atoms with van der Waals surface area (Å²) in [6.07, 6.45) is 1.24. The van der Waals surface area contributed by atoms with Crippen LogP contribution in [0.1, 0.15) is 31.4 Å². The molecule has 1 atom stereocenters. The van der Waals surface area contributed by atoms with Gasteiger partial charge in [0.1, 0.15) is 0 Å². The van der Waals surface area contributed by atoms with Crippen LogP contribution < -0.4 is 10.2 Å². The highest BCUT2D eigenvalue weighted by atomic mass is 15.1. The second kappa shape index (κ2) is 6.65. The molecule has 0 amide bonds. The molecule has 0 radical (unpaired) electrons. The maximum atomic E-state index is 3.19. The Bertz CT molecular complexity index is 347. The third-order valence-corrected chi connectivity index (χ3v) is 3.34. The zero-order chi connectivity index (χ0) is 12.8. The Labute approximate surface area is 106 Å². The Balaban J connectivity index is 2.77. The van der Waals surface area contributed by atoms with Gasteiger partial charge in [-0.1, -0.05) is 32.4 Å². The summed E-state index contributed by atoms with van der Waals surface area (Å²) in [7, 11) is 4.17. The second-order valence-electron chi connectivity index (χ2n) is 5.05. The first-order chi connectivity index (χ1) is 8.08. The predicted octanol–water partition coefficient (Wildman–Crippen LogP) is 3.20. The topological polar surface area (TPSA) is 15.3 Å². The minimum absolute atomic E-state index is 0.747. The average Bonchev–Trinajstić information content (AvgIpc) is 2.29. The van der Waals surface area contributed by atoms with Crippen molar-refractivity contribution >= 4 is 5.69 Å². The van der Waals surface area contributed by atoms with E-state index < -0.39 is 0 Å². The van der Waals surface area contributed by atoms with Gasteiger partial charge in [-0.3, -0.25) is 0 Å². The van der Waals surface area contributed by atoms with Gasteiger partial charge in [0.15, 0.2) is 0 Å². The zero-order valence-electron chi connectivity index (χ0n) is 11.9. The molecule has 1 unspecified atom stereocenters. The van der Waals surface area contributed by atoms with Gasteiger partial charge in [0.25, 0.3) is 0 Å². The Morgan fingerprint density at radius 1 is 1.35 bits per heavy atom. The molecule has 0 saturated heterocycles. The molecule has 0 saturated carbocycles. The first kappa shape index (κ1) is 14.0. The normalized spacial score (nSPS) is 12.5. The lowest BCUT2D eigenvalue weighted by Gasteiger charge is -2.25. The van der Waals surface area contributed by atoms with Crippen molar-refractivity contribution in [2.45, 2.75) is 33.7 Å². The smallest absolute Gasteiger partial charge is 0.0393 e. The van der Waals surface area contributed by atoms with Crippen molar-refractivity contribution in [1.29, 1.82) is 0 Å². The Kier molecular flexibility index (Phi) is 5.49. The zero-order valence-corrected chi connectivity index (χ0v) is 11.9. The van der Waals surface area contributed by atoms with E-state index >= 15 is 0 Å². The number of rotatable bonds is 6. The van der Waals surface area contributed by atoms with E-state index in [0.717, 1.165) is 19.0 Å². The van der Waals surface area contributed by atoms with Crippen molar-refractivity contribution in [2.24, 2.45) is 5.92 Å². The molecular weight excluding hydrogens is 208 g/mol. The molecule has 0 heterocycles. The standard InChI is InChI=1S/C15H26N2/c1-6-12(2)11-17(5)15-8-7-14(10-16-4)9-13(15)3/h7-9,12,16H,6,10-11H2,1-5H3. The van der Waals surface area contributed by atoms with Crippen LogP contribution in [-0.4, -0.2) is 20.6 Å². The molecule has 0 fully saturated rings. The summed E-state index contributed by atoms with van der Waals surface area (Å²) in [4.78, 5) is 2.37. The first-order valence-corrected chi connectivity index (χ1v) is 6.53. The highest BCUT2D eigenvalue weighted by molar-refractivity contribution is 5.53. The molecule has 2 heteroatoms. The summed E-state index contributed by atoms with van der Waals surface area (Å²) in [6, 6.07) is 6.73. The lowest BCUT2D eigenvalue weighted by Crippen LogP contribution is -2.24. The molecule has 1 aromatic rings. The van der Waals surface area contributed by atoms with Crippen LogP contribution in [-0.2, 0) is 6.54 Å². The van der Waals surface area contributed by atoms with E-state index in [9.17, 15) is 0 Å². The van der Waals surface area contributed by atoms with Crippen molar-refractivity contribution in [3.63, 3.8) is 0 Å². The van der Waals surface area contributed by atoms with Crippen LogP contribution in [0.3, 0.4) is 0 Å². The molecule has 0 aromatic heterocycles. The van der Waals surface area contributed by atoms with E-state index in [0.29, 0.717) is 0 Å². The lowest BCUT2D eigenvalue weighted by molar-refractivity contribution is 0.559. The van der Waals surface area contributed by atoms with E-state index in [4.69, 9.17) is 0 Å². The molecule has 0 aliphatic carbocycles. The minimum Gasteiger partial charge on any atom is -0.374 e. The van der Waals surface area contributed by atoms with Crippen LogP contribution in [0, 0.1) is 12.8 Å². The van der Waals surface area contributed by atoms with Crippen LogP contribution >= 0.6 is 0 Å². The predicted molar refractivity (Wildman–Crippen MR) is 76.7 cm³/mol. The summed E-state index contributed by atoms with van der Waals surface area (Å²) in [5.41, 5.74) is 4.07. The molecule has 96 valence electrons. The van der Waals surface area contributed by atoms with E-state index in [1.807, 2.05) is 7.05 Å². The minimum atomic E-state index is 0.747. The monoisotopic (exact) mass is 234 g/mol. The van der Waals surface area contributed by atoms with Gasteiger partial charge in [0, 0.05) is 25.8 Å². The number of anilines is 1. The number of nitrogens with zero attached hydrogens (tertiary/aromatic N) is 1. The molecule has 1 aromatic carbocycles. The molecule has 0 aliphatic rings. The van der Waals surface area contributed by atoms with E-state index in [1.165, 1.54) is 23.2 Å². The molecule has 0 spiro atoms. The third-order valence-electron chi connectivity index (χ3n) is 3.34. The third kappa shape index (κ3) is 4.04. The second-order valence-corrected chi connectivity index (χ2v) is 5.05. The maximum Gasteiger partial charge on any atom is 0.0393 e. The molecule has 0 bridgehead atoms. The quantitative estimate of drug-likeness (QED) is 0.813. The largest absolute Gasteiger partial charge is 0.374 e. The molecular formula is C15H26N2. The Morgan fingerprint density at radius 2 is 2.06 bits per heavy atom. The SMILES string of the molecule is CCC(C)CN(C)c1ccc(CNC)cc1C. The fourth-order valence-corrected chi connectivity index (χ4v) is 2.15. The van der Waals surface area contributed by atoms with Crippen LogP contribution in [0.4, 0.5) is 5.69 Å². The fourth-order valence-electron chi connectivity index (χ4n) is 2.15. The van der Waals surface area contributed by atoms with Gasteiger partial charge < -0.3 is 10.2 Å². The molecule has 17 heavy (non-hydrogen) atoms. The number of hydrogen-bond acceptors (Lipinski definition) is 2. The maximum absolute atomic E-state index is 3.19. The highest BCUT2D eigenvalue weighted by Crippen LogP contribution is 2.21. The van der Waals surface area contributed by atoms with Gasteiger partial charge in [-0.15, -0.1) is 0 Å². The van der Waals surface area contributed by atoms with Gasteiger partial charge in [0.05, 0.1) is 0 Å². The lowest BCUT2D eigenvalue weighted by atomic mass is 10.1. The van der Waals surface area contributed by atoms with Crippen LogP contribution in [0.25, 0.3) is 0 Å². The van der Waals surface area contributed by atoms with Gasteiger partial charge in [0.2, 0.25) is 0 Å². The first-order valence-electron chi connectivity index (χ1n) is 6.53. The summed E-state index contributed by atoms with van der Waals surface area (Å²) in [5.74, 6) is 0.747. The fraction of sp³-hybridized carbons (Fsp3) is 0.600. The summed E-state index contributed by atoms with van der Waals surface area (Å²) in [6.45, 7) is 8.82. The van der Waals surface area contributed by atoms with E-state index in [1.54, 1.807) is 0 Å². The molecule has 1 rings (SSSR count).